The van der Waals surface area contributed by atoms with Crippen LogP contribution in [0.2, 0.25) is 0 Å². The zero-order chi connectivity index (χ0) is 18.9. The monoisotopic (exact) mass is 383 g/mol. The molecule has 0 bridgehead atoms. The summed E-state index contributed by atoms with van der Waals surface area (Å²) in [6.07, 6.45) is 6.34. The molecule has 27 heavy (non-hydrogen) atoms. The summed E-state index contributed by atoms with van der Waals surface area (Å²) in [5.41, 5.74) is 0. The average molecular weight is 384 g/mol. The van der Waals surface area contributed by atoms with Gasteiger partial charge in [-0.25, -0.2) is 0 Å². The van der Waals surface area contributed by atoms with Crippen molar-refractivity contribution in [1.82, 2.24) is 14.9 Å². The molecule has 0 aromatic rings. The van der Waals surface area contributed by atoms with E-state index < -0.39 is 0 Å². The summed E-state index contributed by atoms with van der Waals surface area (Å²) in [5, 5.41) is 1.94. The van der Waals surface area contributed by atoms with Crippen molar-refractivity contribution < 1.29 is 19.1 Å². The molecule has 0 unspecified atom stereocenters. The number of amides is 1. The number of ether oxygens (including phenoxy) is 2. The maximum absolute atomic E-state index is 12.9. The van der Waals surface area contributed by atoms with Crippen LogP contribution >= 0.6 is 0 Å². The second kappa shape index (κ2) is 11.3. The smallest absolute Gasteiger partial charge is 0.224 e. The maximum Gasteiger partial charge on any atom is 0.224 e. The van der Waals surface area contributed by atoms with Gasteiger partial charge in [-0.05, 0) is 51.1 Å². The molecular weight excluding hydrogens is 346 g/mol. The summed E-state index contributed by atoms with van der Waals surface area (Å²) in [4.78, 5) is 23.0. The van der Waals surface area contributed by atoms with E-state index in [4.69, 9.17) is 14.3 Å². The molecule has 3 heterocycles. The fraction of sp³-hybridized carbons (Fsp3) is 0.950. The van der Waals surface area contributed by atoms with Gasteiger partial charge in [-0.15, -0.1) is 0 Å². The van der Waals surface area contributed by atoms with E-state index in [1.54, 1.807) is 7.11 Å². The number of hydroxylamine groups is 2. The zero-order valence-electron chi connectivity index (χ0n) is 16.9. The first-order valence-corrected chi connectivity index (χ1v) is 10.7. The van der Waals surface area contributed by atoms with Crippen molar-refractivity contribution in [3.05, 3.63) is 0 Å². The Morgan fingerprint density at radius 2 is 1.93 bits per heavy atom. The lowest BCUT2D eigenvalue weighted by molar-refractivity contribution is -0.140. The lowest BCUT2D eigenvalue weighted by atomic mass is 9.95. The van der Waals surface area contributed by atoms with Crippen LogP contribution in [-0.4, -0.2) is 99.6 Å². The molecule has 0 saturated carbocycles. The van der Waals surface area contributed by atoms with E-state index in [1.807, 2.05) is 5.06 Å². The van der Waals surface area contributed by atoms with Gasteiger partial charge in [0.1, 0.15) is 0 Å². The van der Waals surface area contributed by atoms with Crippen LogP contribution in [0.25, 0.3) is 0 Å². The number of hydrogen-bond acceptors (Lipinski definition) is 6. The Kier molecular flexibility index (Phi) is 8.80. The standard InChI is InChI=1S/C20H37N3O4/c1-25-15-12-21-9-5-18(6-10-21)16-22(17-19-4-2-13-26-19)20(24)7-11-23-8-3-14-27-23/h18-19H,2-17H2,1H3/t19-/m0/s1. The highest BCUT2D eigenvalue weighted by Gasteiger charge is 2.27. The first kappa shape index (κ1) is 21.0. The molecule has 3 rings (SSSR count). The van der Waals surface area contributed by atoms with E-state index in [0.717, 1.165) is 91.2 Å². The van der Waals surface area contributed by atoms with Gasteiger partial charge in [0.2, 0.25) is 5.91 Å². The minimum absolute atomic E-state index is 0.221. The van der Waals surface area contributed by atoms with Crippen molar-refractivity contribution in [2.45, 2.75) is 44.6 Å². The van der Waals surface area contributed by atoms with Gasteiger partial charge in [0.25, 0.3) is 0 Å². The van der Waals surface area contributed by atoms with Crippen LogP contribution in [0.5, 0.6) is 0 Å². The van der Waals surface area contributed by atoms with Crippen LogP contribution in [0.1, 0.15) is 38.5 Å². The molecule has 0 aliphatic carbocycles. The quantitative estimate of drug-likeness (QED) is 0.568. The number of piperidine rings is 1. The number of methoxy groups -OCH3 is 1. The Labute approximate surface area is 163 Å². The molecule has 7 heteroatoms. The number of likely N-dealkylation sites (tertiary alicyclic amines) is 1. The summed E-state index contributed by atoms with van der Waals surface area (Å²) in [6.45, 7) is 8.93. The molecule has 0 aromatic heterocycles. The van der Waals surface area contributed by atoms with Crippen LogP contribution in [0.15, 0.2) is 0 Å². The second-order valence-corrected chi connectivity index (χ2v) is 8.08. The number of carbonyl (C=O) groups excluding carboxylic acids is 1. The lowest BCUT2D eigenvalue weighted by Gasteiger charge is -2.35. The Morgan fingerprint density at radius 1 is 1.07 bits per heavy atom. The maximum atomic E-state index is 12.9. The fourth-order valence-electron chi connectivity index (χ4n) is 4.29. The lowest BCUT2D eigenvalue weighted by Crippen LogP contribution is -2.44. The summed E-state index contributed by atoms with van der Waals surface area (Å²) >= 11 is 0. The Morgan fingerprint density at radius 3 is 2.59 bits per heavy atom. The van der Waals surface area contributed by atoms with Crippen LogP contribution in [-0.2, 0) is 19.1 Å². The van der Waals surface area contributed by atoms with Crippen LogP contribution in [0, 0.1) is 5.92 Å². The molecule has 3 fully saturated rings. The minimum Gasteiger partial charge on any atom is -0.383 e. The predicted molar refractivity (Wildman–Crippen MR) is 103 cm³/mol. The molecule has 0 aromatic carbocycles. The third-order valence-corrected chi connectivity index (χ3v) is 6.00. The van der Waals surface area contributed by atoms with Crippen molar-refractivity contribution in [3.63, 3.8) is 0 Å². The highest BCUT2D eigenvalue weighted by Crippen LogP contribution is 2.21. The molecule has 0 spiro atoms. The predicted octanol–water partition coefficient (Wildman–Crippen LogP) is 1.38. The van der Waals surface area contributed by atoms with E-state index in [-0.39, 0.29) is 12.0 Å². The first-order chi connectivity index (χ1) is 13.2. The van der Waals surface area contributed by atoms with Gasteiger partial charge in [0.05, 0.1) is 19.3 Å². The van der Waals surface area contributed by atoms with Crippen molar-refractivity contribution in [2.75, 3.05) is 72.7 Å². The fourth-order valence-corrected chi connectivity index (χ4v) is 4.29. The SMILES string of the molecule is COCCN1CCC(CN(C[C@@H]2CCCO2)C(=O)CCN2CCCO2)CC1. The third kappa shape index (κ3) is 6.98. The average Bonchev–Trinajstić information content (AvgIpc) is 3.39. The summed E-state index contributed by atoms with van der Waals surface area (Å²) in [6, 6.07) is 0. The van der Waals surface area contributed by atoms with Crippen molar-refractivity contribution in [2.24, 2.45) is 5.92 Å². The van der Waals surface area contributed by atoms with E-state index in [0.29, 0.717) is 18.9 Å². The molecule has 0 N–H and O–H groups in total. The van der Waals surface area contributed by atoms with Gasteiger partial charge in [-0.3, -0.25) is 9.63 Å². The van der Waals surface area contributed by atoms with Gasteiger partial charge < -0.3 is 19.3 Å². The van der Waals surface area contributed by atoms with Gasteiger partial charge >= 0.3 is 0 Å². The molecule has 1 amide bonds. The third-order valence-electron chi connectivity index (χ3n) is 6.00. The molecule has 7 nitrogen and oxygen atoms in total. The molecule has 3 aliphatic rings. The van der Waals surface area contributed by atoms with E-state index in [9.17, 15) is 4.79 Å². The molecule has 1 atom stereocenters. The Bertz CT molecular complexity index is 431. The number of hydrogen-bond donors (Lipinski definition) is 0. The first-order valence-electron chi connectivity index (χ1n) is 10.7. The van der Waals surface area contributed by atoms with Crippen molar-refractivity contribution in [1.29, 1.82) is 0 Å². The van der Waals surface area contributed by atoms with E-state index in [2.05, 4.69) is 9.80 Å². The van der Waals surface area contributed by atoms with Crippen LogP contribution in [0.3, 0.4) is 0 Å². The van der Waals surface area contributed by atoms with Crippen molar-refractivity contribution in [3.8, 4) is 0 Å². The Hall–Kier alpha value is -0.730. The summed E-state index contributed by atoms with van der Waals surface area (Å²) in [5.74, 6) is 0.847. The van der Waals surface area contributed by atoms with Gasteiger partial charge in [0, 0.05) is 52.9 Å². The molecule has 3 aliphatic heterocycles. The van der Waals surface area contributed by atoms with Crippen LogP contribution < -0.4 is 0 Å². The molecular formula is C20H37N3O4. The number of nitrogens with zero attached hydrogens (tertiary/aromatic N) is 3. The molecule has 3 saturated heterocycles. The molecule has 0 radical (unpaired) electrons. The topological polar surface area (TPSA) is 54.5 Å². The van der Waals surface area contributed by atoms with Gasteiger partial charge in [-0.2, -0.15) is 5.06 Å². The van der Waals surface area contributed by atoms with Gasteiger partial charge in [-0.1, -0.05) is 0 Å². The summed E-state index contributed by atoms with van der Waals surface area (Å²) in [7, 11) is 1.76. The van der Waals surface area contributed by atoms with E-state index >= 15 is 0 Å². The Balaban J connectivity index is 1.46. The highest BCUT2D eigenvalue weighted by molar-refractivity contribution is 5.76. The highest BCUT2D eigenvalue weighted by atomic mass is 16.7. The number of carbonyl (C=O) groups is 1. The number of rotatable bonds is 10. The van der Waals surface area contributed by atoms with Gasteiger partial charge in [0.15, 0.2) is 0 Å². The molecule has 156 valence electrons. The minimum atomic E-state index is 0.221. The largest absolute Gasteiger partial charge is 0.383 e. The second-order valence-electron chi connectivity index (χ2n) is 8.08. The van der Waals surface area contributed by atoms with Crippen LogP contribution in [0.4, 0.5) is 0 Å². The van der Waals surface area contributed by atoms with Crippen molar-refractivity contribution >= 4 is 5.91 Å². The van der Waals surface area contributed by atoms with E-state index in [1.165, 1.54) is 0 Å². The normalized spacial score (nSPS) is 25.3. The zero-order valence-corrected chi connectivity index (χ0v) is 16.9. The summed E-state index contributed by atoms with van der Waals surface area (Å²) < 4.78 is 11.0.